The molecule has 0 aliphatic rings. The minimum absolute atomic E-state index is 0. The molecular weight excluding hydrogens is 330 g/mol. The summed E-state index contributed by atoms with van der Waals surface area (Å²) in [5.41, 5.74) is 4.04. The molecule has 0 bridgehead atoms. The topological polar surface area (TPSA) is 45.8 Å². The summed E-state index contributed by atoms with van der Waals surface area (Å²) in [7, 11) is 5.15. The van der Waals surface area contributed by atoms with Gasteiger partial charge in [0.15, 0.2) is 5.16 Å². The number of nitrogens with zero attached hydrogens (tertiary/aromatic N) is 2. The molecule has 0 saturated carbocycles. The van der Waals surface area contributed by atoms with E-state index in [1.54, 1.807) is 0 Å². The molecule has 1 heterocycles. The quantitative estimate of drug-likeness (QED) is 0.678. The Morgan fingerprint density at radius 2 is 1.70 bits per heavy atom. The van der Waals surface area contributed by atoms with Crippen LogP contribution >= 0.6 is 0 Å². The van der Waals surface area contributed by atoms with Crippen molar-refractivity contribution in [3.63, 3.8) is 0 Å². The third-order valence-electron chi connectivity index (χ3n) is 3.58. The molecule has 3 rings (SSSR count). The van der Waals surface area contributed by atoms with Gasteiger partial charge in [0.05, 0.1) is 48.7 Å². The van der Waals surface area contributed by atoms with Crippen molar-refractivity contribution in [2.45, 2.75) is 10.9 Å². The highest BCUT2D eigenvalue weighted by atomic mass is 35.5. The van der Waals surface area contributed by atoms with Crippen LogP contribution in [0.5, 0.6) is 0 Å². The van der Waals surface area contributed by atoms with Crippen LogP contribution in [0.1, 0.15) is 5.56 Å². The molecule has 0 aliphatic heterocycles. The van der Waals surface area contributed by atoms with Gasteiger partial charge < -0.3 is 17.4 Å². The van der Waals surface area contributed by atoms with Crippen LogP contribution < -0.4 is 16.9 Å². The summed E-state index contributed by atoms with van der Waals surface area (Å²) < 4.78 is 13.4. The first kappa shape index (κ1) is 17.7. The zero-order valence-corrected chi connectivity index (χ0v) is 15.0. The molecule has 0 aliphatic carbocycles. The molecule has 0 fully saturated rings. The van der Waals surface area contributed by atoms with Gasteiger partial charge in [-0.2, -0.15) is 0 Å². The summed E-state index contributed by atoms with van der Waals surface area (Å²) in [6, 6.07) is 15.9. The van der Waals surface area contributed by atoms with E-state index in [1.165, 1.54) is 5.69 Å². The highest BCUT2D eigenvalue weighted by Crippen LogP contribution is 2.25. The van der Waals surface area contributed by atoms with Gasteiger partial charge >= 0.3 is 0 Å². The Kier molecular flexibility index (Phi) is 5.24. The van der Waals surface area contributed by atoms with E-state index < -0.39 is 10.8 Å². The number of halogens is 1. The van der Waals surface area contributed by atoms with E-state index >= 15 is 0 Å². The molecular formula is C17H20ClN3OS. The number of benzene rings is 2. The number of hydrogen-bond donors (Lipinski definition) is 1. The monoisotopic (exact) mass is 349 g/mol. The molecule has 6 heteroatoms. The normalized spacial score (nSPS) is 12.8. The highest BCUT2D eigenvalue weighted by Gasteiger charge is 2.20. The number of quaternary nitrogens is 1. The molecule has 1 aromatic heterocycles. The first-order valence-electron chi connectivity index (χ1n) is 7.18. The van der Waals surface area contributed by atoms with Crippen molar-refractivity contribution in [3.8, 4) is 0 Å². The minimum Gasteiger partial charge on any atom is -1.00 e. The fraction of sp³-hybridized carbons (Fsp3) is 0.235. The first-order valence-corrected chi connectivity index (χ1v) is 8.50. The van der Waals surface area contributed by atoms with E-state index in [-0.39, 0.29) is 12.4 Å². The lowest BCUT2D eigenvalue weighted by atomic mass is 10.2. The van der Waals surface area contributed by atoms with E-state index in [2.05, 4.69) is 37.2 Å². The van der Waals surface area contributed by atoms with Gasteiger partial charge in [0.1, 0.15) is 5.69 Å². The van der Waals surface area contributed by atoms with Crippen LogP contribution in [0.25, 0.3) is 11.0 Å². The van der Waals surface area contributed by atoms with Crippen molar-refractivity contribution in [2.24, 2.45) is 0 Å². The Balaban J connectivity index is 0.00000192. The molecule has 122 valence electrons. The highest BCUT2D eigenvalue weighted by molar-refractivity contribution is 7.84. The second-order valence-corrected chi connectivity index (χ2v) is 7.56. The summed E-state index contributed by atoms with van der Waals surface area (Å²) in [5, 5.41) is 0.539. The van der Waals surface area contributed by atoms with Crippen LogP contribution in [0.3, 0.4) is 0 Å². The van der Waals surface area contributed by atoms with Crippen LogP contribution in [0.2, 0.25) is 0 Å². The standard InChI is InChI=1S/C17H20N3OS.ClH/c1-20(2,3)16-11-7-4-8-13(16)12-22(21)17-18-14-9-5-6-10-15(14)19-17;/h4-11H,12H2,1-3H3,(H,18,19);1H/q+1;/p-1. The third-order valence-corrected chi connectivity index (χ3v) is 4.78. The second kappa shape index (κ2) is 6.83. The van der Waals surface area contributed by atoms with Gasteiger partial charge in [-0.15, -0.1) is 0 Å². The SMILES string of the molecule is C[N+](C)(C)c1ccccc1CS(=O)c1nc2ccccc2[nH]1.[Cl-]. The largest absolute Gasteiger partial charge is 1.00 e. The predicted molar refractivity (Wildman–Crippen MR) is 92.2 cm³/mol. The molecule has 0 radical (unpaired) electrons. The number of aromatic amines is 1. The number of fused-ring (bicyclic) bond motifs is 1. The average molecular weight is 350 g/mol. The summed E-state index contributed by atoms with van der Waals surface area (Å²) >= 11 is 0. The molecule has 0 saturated heterocycles. The maximum absolute atomic E-state index is 12.7. The van der Waals surface area contributed by atoms with Crippen molar-refractivity contribution in [1.29, 1.82) is 0 Å². The lowest BCUT2D eigenvalue weighted by Gasteiger charge is -2.25. The fourth-order valence-electron chi connectivity index (χ4n) is 2.53. The van der Waals surface area contributed by atoms with Gasteiger partial charge in [0.2, 0.25) is 0 Å². The minimum atomic E-state index is -1.19. The maximum Gasteiger partial charge on any atom is 0.197 e. The predicted octanol–water partition coefficient (Wildman–Crippen LogP) is 0.0714. The van der Waals surface area contributed by atoms with E-state index in [9.17, 15) is 4.21 Å². The van der Waals surface area contributed by atoms with Crippen LogP contribution in [0, 0.1) is 0 Å². The van der Waals surface area contributed by atoms with Crippen LogP contribution in [0.4, 0.5) is 5.69 Å². The molecule has 1 unspecified atom stereocenters. The molecule has 2 aromatic carbocycles. The van der Waals surface area contributed by atoms with Gasteiger partial charge in [-0.3, -0.25) is 8.69 Å². The van der Waals surface area contributed by atoms with Crippen LogP contribution in [0.15, 0.2) is 53.7 Å². The zero-order valence-electron chi connectivity index (χ0n) is 13.4. The van der Waals surface area contributed by atoms with Gasteiger partial charge in [0.25, 0.3) is 0 Å². The van der Waals surface area contributed by atoms with Crippen molar-refractivity contribution >= 4 is 27.5 Å². The van der Waals surface area contributed by atoms with Gasteiger partial charge in [0, 0.05) is 5.56 Å². The number of hydrogen-bond acceptors (Lipinski definition) is 2. The third kappa shape index (κ3) is 3.80. The molecule has 3 aromatic rings. The zero-order chi connectivity index (χ0) is 15.7. The second-order valence-electron chi connectivity index (χ2n) is 6.19. The summed E-state index contributed by atoms with van der Waals surface area (Å²) in [6.45, 7) is 0. The number of rotatable bonds is 4. The Morgan fingerprint density at radius 1 is 1.04 bits per heavy atom. The number of para-hydroxylation sites is 3. The molecule has 1 N–H and O–H groups in total. The number of nitrogens with one attached hydrogen (secondary N) is 1. The molecule has 4 nitrogen and oxygen atoms in total. The fourth-order valence-corrected chi connectivity index (χ4v) is 3.62. The summed E-state index contributed by atoms with van der Waals surface area (Å²) in [4.78, 5) is 7.60. The van der Waals surface area contributed by atoms with Gasteiger partial charge in [-0.05, 0) is 18.2 Å². The van der Waals surface area contributed by atoms with E-state index in [0.717, 1.165) is 16.6 Å². The number of imidazole rings is 1. The molecule has 0 spiro atoms. The molecule has 23 heavy (non-hydrogen) atoms. The van der Waals surface area contributed by atoms with E-state index in [1.807, 2.05) is 42.5 Å². The van der Waals surface area contributed by atoms with Gasteiger partial charge in [-0.25, -0.2) is 4.98 Å². The van der Waals surface area contributed by atoms with Gasteiger partial charge in [-0.1, -0.05) is 30.3 Å². The Labute approximate surface area is 145 Å². The first-order chi connectivity index (χ1) is 10.4. The lowest BCUT2D eigenvalue weighted by molar-refractivity contribution is -0.00000587. The van der Waals surface area contributed by atoms with Crippen LogP contribution in [-0.2, 0) is 16.6 Å². The van der Waals surface area contributed by atoms with Crippen molar-refractivity contribution in [3.05, 3.63) is 54.1 Å². The summed E-state index contributed by atoms with van der Waals surface area (Å²) in [6.07, 6.45) is 0. The molecule has 0 amide bonds. The Morgan fingerprint density at radius 3 is 2.39 bits per heavy atom. The van der Waals surface area contributed by atoms with Crippen molar-refractivity contribution in [2.75, 3.05) is 21.1 Å². The number of aromatic nitrogens is 2. The van der Waals surface area contributed by atoms with Crippen LogP contribution in [-0.4, -0.2) is 35.3 Å². The summed E-state index contributed by atoms with van der Waals surface area (Å²) in [5.74, 6) is 0.464. The van der Waals surface area contributed by atoms with E-state index in [0.29, 0.717) is 15.4 Å². The number of H-pyrrole nitrogens is 1. The van der Waals surface area contributed by atoms with E-state index in [4.69, 9.17) is 0 Å². The lowest BCUT2D eigenvalue weighted by Crippen LogP contribution is -3.00. The molecule has 1 atom stereocenters. The average Bonchev–Trinajstić information content (AvgIpc) is 2.90. The smallest absolute Gasteiger partial charge is 0.197 e. The van der Waals surface area contributed by atoms with Crippen molar-refractivity contribution in [1.82, 2.24) is 14.5 Å². The van der Waals surface area contributed by atoms with Crippen molar-refractivity contribution < 1.29 is 16.6 Å². The Hall–Kier alpha value is -1.69. The Bertz CT molecular complexity index is 806. The maximum atomic E-state index is 12.7.